The molecule has 2 N–H and O–H groups in total. The molecule has 0 aliphatic heterocycles. The molecule has 226 valence electrons. The van der Waals surface area contributed by atoms with Crippen LogP contribution in [0.15, 0.2) is 0 Å². The van der Waals surface area contributed by atoms with E-state index in [0.29, 0.717) is 6.42 Å². The van der Waals surface area contributed by atoms with Crippen LogP contribution in [0, 0.1) is 0 Å². The SMILES string of the molecule is CC(C)=O.CC(C)=O.CC(C)=O.CCCCCCCCCCCCCCCCCC(=O)OC(=O)C(O)CO. The number of ketones is 3. The summed E-state index contributed by atoms with van der Waals surface area (Å²) < 4.78 is 4.43. The van der Waals surface area contributed by atoms with Crippen molar-refractivity contribution in [2.24, 2.45) is 0 Å². The zero-order valence-corrected chi connectivity index (χ0v) is 25.4. The first-order valence-corrected chi connectivity index (χ1v) is 14.3. The lowest BCUT2D eigenvalue weighted by Gasteiger charge is -2.06. The fourth-order valence-corrected chi connectivity index (χ4v) is 2.95. The van der Waals surface area contributed by atoms with E-state index in [-0.39, 0.29) is 23.8 Å². The normalized spacial score (nSPS) is 10.3. The molecule has 0 amide bonds. The van der Waals surface area contributed by atoms with Gasteiger partial charge in [-0.25, -0.2) is 4.79 Å². The van der Waals surface area contributed by atoms with E-state index >= 15 is 0 Å². The van der Waals surface area contributed by atoms with Crippen LogP contribution in [0.4, 0.5) is 0 Å². The van der Waals surface area contributed by atoms with Gasteiger partial charge >= 0.3 is 11.9 Å². The quantitative estimate of drug-likeness (QED) is 0.114. The Morgan fingerprint density at radius 2 is 0.816 bits per heavy atom. The number of aliphatic hydroxyl groups excluding tert-OH is 2. The summed E-state index contributed by atoms with van der Waals surface area (Å²) in [6, 6.07) is 0. The number of Topliss-reactive ketones (excluding diaryl/α,β-unsaturated/α-hetero) is 3. The second kappa shape index (κ2) is 35.1. The molecule has 1 atom stereocenters. The number of aliphatic hydroxyl groups is 2. The summed E-state index contributed by atoms with van der Waals surface area (Å²) in [6.07, 6.45) is 17.4. The molecular weight excluding hydrogens is 488 g/mol. The maximum absolute atomic E-state index is 11.4. The number of carbonyl (C=O) groups is 5. The van der Waals surface area contributed by atoms with Crippen LogP contribution in [0.2, 0.25) is 0 Å². The average Bonchev–Trinajstić information content (AvgIpc) is 2.79. The van der Waals surface area contributed by atoms with E-state index < -0.39 is 24.6 Å². The molecule has 0 aromatic heterocycles. The van der Waals surface area contributed by atoms with Crippen LogP contribution in [-0.2, 0) is 28.7 Å². The molecule has 8 heteroatoms. The Morgan fingerprint density at radius 1 is 0.553 bits per heavy atom. The van der Waals surface area contributed by atoms with Gasteiger partial charge in [0.05, 0.1) is 6.61 Å². The van der Waals surface area contributed by atoms with E-state index in [2.05, 4.69) is 11.7 Å². The lowest BCUT2D eigenvalue weighted by molar-refractivity contribution is -0.167. The number of hydrogen-bond acceptors (Lipinski definition) is 8. The lowest BCUT2D eigenvalue weighted by Crippen LogP contribution is -2.28. The van der Waals surface area contributed by atoms with Gasteiger partial charge in [0.2, 0.25) is 0 Å². The monoisotopic (exact) mass is 546 g/mol. The van der Waals surface area contributed by atoms with Gasteiger partial charge in [-0.05, 0) is 48.0 Å². The maximum atomic E-state index is 11.4. The van der Waals surface area contributed by atoms with Crippen molar-refractivity contribution in [1.82, 2.24) is 0 Å². The fraction of sp³-hybridized carbons (Fsp3) is 0.833. The van der Waals surface area contributed by atoms with Crippen LogP contribution >= 0.6 is 0 Å². The first-order valence-electron chi connectivity index (χ1n) is 14.3. The Bertz CT molecular complexity index is 546. The van der Waals surface area contributed by atoms with Crippen molar-refractivity contribution in [2.45, 2.75) is 157 Å². The standard InChI is InChI=1S/C21H40O5.3C3H6O/c1-2-3-4-5-6-7-8-9-10-11-12-13-14-15-16-17-20(24)26-21(25)19(23)18-22;3*1-3(2)4/h19,22-23H,2-18H2,1H3;3*1-2H3. The Labute approximate surface area is 232 Å². The van der Waals surface area contributed by atoms with Gasteiger partial charge in [0.25, 0.3) is 0 Å². The van der Waals surface area contributed by atoms with Crippen LogP contribution in [0.3, 0.4) is 0 Å². The lowest BCUT2D eigenvalue weighted by atomic mass is 10.0. The van der Waals surface area contributed by atoms with Crippen molar-refractivity contribution in [2.75, 3.05) is 6.61 Å². The van der Waals surface area contributed by atoms with Crippen LogP contribution in [0.5, 0.6) is 0 Å². The molecule has 0 saturated carbocycles. The molecule has 0 bridgehead atoms. The van der Waals surface area contributed by atoms with Gasteiger partial charge < -0.3 is 29.3 Å². The topological polar surface area (TPSA) is 135 Å². The molecule has 0 aromatic carbocycles. The second-order valence-corrected chi connectivity index (χ2v) is 9.92. The molecule has 1 unspecified atom stereocenters. The molecule has 0 fully saturated rings. The van der Waals surface area contributed by atoms with Crippen molar-refractivity contribution in [3.8, 4) is 0 Å². The van der Waals surface area contributed by atoms with E-state index in [9.17, 15) is 24.0 Å². The minimum absolute atomic E-state index is 0.167. The maximum Gasteiger partial charge on any atom is 0.345 e. The molecule has 0 radical (unpaired) electrons. The van der Waals surface area contributed by atoms with E-state index in [1.165, 1.54) is 119 Å². The van der Waals surface area contributed by atoms with Gasteiger partial charge in [-0.1, -0.05) is 96.8 Å². The third-order valence-corrected chi connectivity index (χ3v) is 4.64. The molecule has 0 aromatic rings. The highest BCUT2D eigenvalue weighted by atomic mass is 16.6. The predicted octanol–water partition coefficient (Wildman–Crippen LogP) is 6.46. The first kappa shape index (κ1) is 43.1. The van der Waals surface area contributed by atoms with Crippen molar-refractivity contribution >= 4 is 29.3 Å². The first-order chi connectivity index (χ1) is 17.8. The average molecular weight is 547 g/mol. The molecule has 0 aliphatic carbocycles. The van der Waals surface area contributed by atoms with E-state index in [4.69, 9.17) is 10.2 Å². The minimum atomic E-state index is -1.62. The van der Waals surface area contributed by atoms with Crippen LogP contribution in [-0.4, -0.2) is 52.2 Å². The molecule has 0 heterocycles. The zero-order chi connectivity index (χ0) is 30.2. The Morgan fingerprint density at radius 3 is 1.08 bits per heavy atom. The van der Waals surface area contributed by atoms with Crippen molar-refractivity contribution < 1.29 is 38.9 Å². The molecular formula is C30H58O8. The molecule has 0 rings (SSSR count). The Kier molecular flexibility index (Phi) is 39.8. The number of hydrogen-bond donors (Lipinski definition) is 2. The Balaban J connectivity index is -0.000000399. The van der Waals surface area contributed by atoms with Crippen molar-refractivity contribution in [3.05, 3.63) is 0 Å². The van der Waals surface area contributed by atoms with Crippen LogP contribution in [0.25, 0.3) is 0 Å². The van der Waals surface area contributed by atoms with E-state index in [1.807, 2.05) is 0 Å². The van der Waals surface area contributed by atoms with E-state index in [1.54, 1.807) is 0 Å². The number of carbonyl (C=O) groups excluding carboxylic acids is 5. The van der Waals surface area contributed by atoms with Gasteiger partial charge in [0.1, 0.15) is 17.3 Å². The van der Waals surface area contributed by atoms with Crippen molar-refractivity contribution in [3.63, 3.8) is 0 Å². The predicted molar refractivity (Wildman–Crippen MR) is 153 cm³/mol. The second-order valence-electron chi connectivity index (χ2n) is 9.92. The summed E-state index contributed by atoms with van der Waals surface area (Å²) >= 11 is 0. The van der Waals surface area contributed by atoms with Gasteiger partial charge in [-0.15, -0.1) is 0 Å². The highest BCUT2D eigenvalue weighted by Crippen LogP contribution is 2.13. The molecule has 0 aliphatic rings. The third-order valence-electron chi connectivity index (χ3n) is 4.64. The molecule has 0 saturated heterocycles. The van der Waals surface area contributed by atoms with Crippen LogP contribution < -0.4 is 0 Å². The van der Waals surface area contributed by atoms with Gasteiger partial charge in [0.15, 0.2) is 6.10 Å². The minimum Gasteiger partial charge on any atom is -0.393 e. The number of esters is 2. The number of rotatable bonds is 18. The van der Waals surface area contributed by atoms with Gasteiger partial charge in [-0.2, -0.15) is 0 Å². The van der Waals surface area contributed by atoms with Gasteiger partial charge in [0, 0.05) is 6.42 Å². The van der Waals surface area contributed by atoms with Gasteiger partial charge in [-0.3, -0.25) is 4.79 Å². The number of unbranched alkanes of at least 4 members (excludes halogenated alkanes) is 14. The third kappa shape index (κ3) is 59.3. The summed E-state index contributed by atoms with van der Waals surface area (Å²) in [5.74, 6) is -1.20. The number of ether oxygens (including phenoxy) is 1. The summed E-state index contributed by atoms with van der Waals surface area (Å²) in [6.45, 7) is 10.7. The summed E-state index contributed by atoms with van der Waals surface area (Å²) in [4.78, 5) is 50.8. The molecule has 38 heavy (non-hydrogen) atoms. The fourth-order valence-electron chi connectivity index (χ4n) is 2.95. The molecule has 0 spiro atoms. The summed E-state index contributed by atoms with van der Waals surface area (Å²) in [7, 11) is 0. The van der Waals surface area contributed by atoms with Crippen LogP contribution in [0.1, 0.15) is 151 Å². The zero-order valence-electron chi connectivity index (χ0n) is 25.4. The van der Waals surface area contributed by atoms with Crippen molar-refractivity contribution in [1.29, 1.82) is 0 Å². The van der Waals surface area contributed by atoms with E-state index in [0.717, 1.165) is 12.8 Å². The summed E-state index contributed by atoms with van der Waals surface area (Å²) in [5.41, 5.74) is 0. The highest BCUT2D eigenvalue weighted by Gasteiger charge is 2.18. The molecule has 8 nitrogen and oxygen atoms in total. The largest absolute Gasteiger partial charge is 0.393 e. The summed E-state index contributed by atoms with van der Waals surface area (Å²) in [5, 5.41) is 17.6. The Hall–Kier alpha value is -1.93. The highest BCUT2D eigenvalue weighted by molar-refractivity contribution is 5.87. The smallest absolute Gasteiger partial charge is 0.345 e.